The predicted molar refractivity (Wildman–Crippen MR) is 88.2 cm³/mol. The van der Waals surface area contributed by atoms with Gasteiger partial charge in [0, 0.05) is 23.5 Å². The van der Waals surface area contributed by atoms with Crippen LogP contribution in [0.5, 0.6) is 0 Å². The van der Waals surface area contributed by atoms with Crippen molar-refractivity contribution in [1.29, 1.82) is 0 Å². The third kappa shape index (κ3) is 2.85. The Kier molecular flexibility index (Phi) is 3.82. The minimum atomic E-state index is 0.0503. The topological polar surface area (TPSA) is 45.9 Å². The normalized spacial score (nSPS) is 15.8. The maximum atomic E-state index is 12.5. The van der Waals surface area contributed by atoms with E-state index in [1.807, 2.05) is 35.2 Å². The molecular formula is C19H22N3O+. The van der Waals surface area contributed by atoms with E-state index >= 15 is 0 Å². The average molecular weight is 308 g/mol. The molecule has 23 heavy (non-hydrogen) atoms. The first kappa shape index (κ1) is 14.4. The van der Waals surface area contributed by atoms with E-state index in [2.05, 4.69) is 5.32 Å². The van der Waals surface area contributed by atoms with Crippen LogP contribution in [0.1, 0.15) is 41.8 Å². The quantitative estimate of drug-likeness (QED) is 0.885. The van der Waals surface area contributed by atoms with Gasteiger partial charge in [0.1, 0.15) is 0 Å². The number of hydrogen-bond acceptors (Lipinski definition) is 2. The van der Waals surface area contributed by atoms with Gasteiger partial charge in [0.2, 0.25) is 6.54 Å². The molecule has 0 fully saturated rings. The summed E-state index contributed by atoms with van der Waals surface area (Å²) in [6, 6.07) is 5.85. The second-order valence-corrected chi connectivity index (χ2v) is 6.49. The molecule has 2 aromatic heterocycles. The number of aryl methyl sites for hydroxylation is 2. The Labute approximate surface area is 136 Å². The molecule has 0 bridgehead atoms. The summed E-state index contributed by atoms with van der Waals surface area (Å²) in [5.41, 5.74) is 6.11. The molecule has 0 saturated heterocycles. The number of pyridine rings is 2. The van der Waals surface area contributed by atoms with E-state index in [-0.39, 0.29) is 5.91 Å². The van der Waals surface area contributed by atoms with Crippen molar-refractivity contribution in [3.63, 3.8) is 0 Å². The van der Waals surface area contributed by atoms with Crippen molar-refractivity contribution in [2.24, 2.45) is 0 Å². The van der Waals surface area contributed by atoms with Gasteiger partial charge in [-0.2, -0.15) is 4.57 Å². The van der Waals surface area contributed by atoms with Gasteiger partial charge in [-0.15, -0.1) is 0 Å². The first-order valence-corrected chi connectivity index (χ1v) is 8.59. The summed E-state index contributed by atoms with van der Waals surface area (Å²) < 4.78 is 1.91. The molecule has 2 aromatic rings. The monoisotopic (exact) mass is 308 g/mol. The number of nitrogens with one attached hydrogen (secondary N) is 1. The van der Waals surface area contributed by atoms with Gasteiger partial charge in [0.25, 0.3) is 5.91 Å². The Hall–Kier alpha value is -2.23. The van der Waals surface area contributed by atoms with Crippen molar-refractivity contribution in [1.82, 2.24) is 4.98 Å². The number of nitrogens with zero attached hydrogens (tertiary/aromatic N) is 2. The summed E-state index contributed by atoms with van der Waals surface area (Å²) in [6.45, 7) is 0.354. The van der Waals surface area contributed by atoms with Crippen molar-refractivity contribution in [2.45, 2.75) is 51.5 Å². The summed E-state index contributed by atoms with van der Waals surface area (Å²) in [6.07, 6.45) is 11.6. The Morgan fingerprint density at radius 1 is 0.957 bits per heavy atom. The maximum absolute atomic E-state index is 12.5. The smallest absolute Gasteiger partial charge is 0.290 e. The van der Waals surface area contributed by atoms with E-state index in [0.717, 1.165) is 37.8 Å². The SMILES string of the molecule is O=C(C[n+]1ccccc1)Nc1c2c(nc3c1CCC3)CCCC2. The van der Waals surface area contributed by atoms with Gasteiger partial charge < -0.3 is 5.32 Å². The van der Waals surface area contributed by atoms with Crippen LogP contribution in [0.3, 0.4) is 0 Å². The Balaban J connectivity index is 1.63. The molecule has 0 saturated carbocycles. The highest BCUT2D eigenvalue weighted by atomic mass is 16.1. The molecule has 2 heterocycles. The van der Waals surface area contributed by atoms with Crippen molar-refractivity contribution >= 4 is 11.6 Å². The van der Waals surface area contributed by atoms with Crippen molar-refractivity contribution in [3.05, 3.63) is 53.1 Å². The van der Waals surface area contributed by atoms with E-state index in [1.165, 1.54) is 35.4 Å². The molecule has 0 atom stereocenters. The molecule has 0 radical (unpaired) electrons. The average Bonchev–Trinajstić information content (AvgIpc) is 3.04. The second-order valence-electron chi connectivity index (χ2n) is 6.49. The van der Waals surface area contributed by atoms with Crippen molar-refractivity contribution in [3.8, 4) is 0 Å². The third-order valence-corrected chi connectivity index (χ3v) is 4.87. The van der Waals surface area contributed by atoms with Gasteiger partial charge in [-0.3, -0.25) is 9.78 Å². The minimum Gasteiger partial charge on any atom is -0.320 e. The molecule has 0 aliphatic heterocycles. The molecule has 1 amide bonds. The number of carbonyl (C=O) groups excluding carboxylic acids is 1. The van der Waals surface area contributed by atoms with Crippen LogP contribution >= 0.6 is 0 Å². The van der Waals surface area contributed by atoms with E-state index in [0.29, 0.717) is 6.54 Å². The molecule has 0 spiro atoms. The van der Waals surface area contributed by atoms with Crippen molar-refractivity contribution < 1.29 is 9.36 Å². The summed E-state index contributed by atoms with van der Waals surface area (Å²) in [4.78, 5) is 17.4. The molecule has 2 aliphatic carbocycles. The Morgan fingerprint density at radius 3 is 2.39 bits per heavy atom. The van der Waals surface area contributed by atoms with Crippen LogP contribution in [0.25, 0.3) is 0 Å². The molecule has 4 rings (SSSR count). The van der Waals surface area contributed by atoms with Gasteiger partial charge in [-0.05, 0) is 56.1 Å². The molecule has 0 aromatic carbocycles. The lowest BCUT2D eigenvalue weighted by Crippen LogP contribution is -2.39. The number of fused-ring (bicyclic) bond motifs is 2. The summed E-state index contributed by atoms with van der Waals surface area (Å²) in [7, 11) is 0. The van der Waals surface area contributed by atoms with Crippen LogP contribution in [0, 0.1) is 0 Å². The molecule has 118 valence electrons. The number of aromatic nitrogens is 2. The molecule has 4 nitrogen and oxygen atoms in total. The van der Waals surface area contributed by atoms with Crippen LogP contribution in [0.15, 0.2) is 30.6 Å². The summed E-state index contributed by atoms with van der Waals surface area (Å²) in [5, 5.41) is 3.22. The van der Waals surface area contributed by atoms with Crippen LogP contribution < -0.4 is 9.88 Å². The van der Waals surface area contributed by atoms with Crippen LogP contribution in [0.2, 0.25) is 0 Å². The van der Waals surface area contributed by atoms with E-state index in [9.17, 15) is 4.79 Å². The first-order chi connectivity index (χ1) is 11.3. The fourth-order valence-electron chi connectivity index (χ4n) is 3.78. The van der Waals surface area contributed by atoms with Crippen LogP contribution in [-0.4, -0.2) is 10.9 Å². The number of carbonyl (C=O) groups is 1. The zero-order valence-corrected chi connectivity index (χ0v) is 13.3. The van der Waals surface area contributed by atoms with Gasteiger partial charge in [0.05, 0.1) is 5.69 Å². The summed E-state index contributed by atoms with van der Waals surface area (Å²) in [5.74, 6) is 0.0503. The highest BCUT2D eigenvalue weighted by molar-refractivity contribution is 5.92. The second kappa shape index (κ2) is 6.11. The molecule has 2 aliphatic rings. The zero-order chi connectivity index (χ0) is 15.6. The highest BCUT2D eigenvalue weighted by Gasteiger charge is 2.25. The van der Waals surface area contributed by atoms with E-state index in [1.54, 1.807) is 0 Å². The Morgan fingerprint density at radius 2 is 1.61 bits per heavy atom. The third-order valence-electron chi connectivity index (χ3n) is 4.87. The fraction of sp³-hybridized carbons (Fsp3) is 0.421. The van der Waals surface area contributed by atoms with Crippen LogP contribution in [0.4, 0.5) is 5.69 Å². The van der Waals surface area contributed by atoms with Gasteiger partial charge >= 0.3 is 0 Å². The van der Waals surface area contributed by atoms with E-state index in [4.69, 9.17) is 4.98 Å². The number of rotatable bonds is 3. The number of hydrogen-bond donors (Lipinski definition) is 1. The van der Waals surface area contributed by atoms with Gasteiger partial charge in [-0.1, -0.05) is 6.07 Å². The lowest BCUT2D eigenvalue weighted by molar-refractivity contribution is -0.684. The van der Waals surface area contributed by atoms with Gasteiger partial charge in [0.15, 0.2) is 12.4 Å². The van der Waals surface area contributed by atoms with Gasteiger partial charge in [-0.25, -0.2) is 0 Å². The number of amides is 1. The predicted octanol–water partition coefficient (Wildman–Crippen LogP) is 2.38. The first-order valence-electron chi connectivity index (χ1n) is 8.59. The Bertz CT molecular complexity index is 740. The minimum absolute atomic E-state index is 0.0503. The van der Waals surface area contributed by atoms with Crippen molar-refractivity contribution in [2.75, 3.05) is 5.32 Å². The van der Waals surface area contributed by atoms with E-state index < -0.39 is 0 Å². The maximum Gasteiger partial charge on any atom is 0.290 e. The molecular weight excluding hydrogens is 286 g/mol. The zero-order valence-electron chi connectivity index (χ0n) is 13.3. The fourth-order valence-corrected chi connectivity index (χ4v) is 3.78. The largest absolute Gasteiger partial charge is 0.320 e. The van der Waals surface area contributed by atoms with Crippen LogP contribution in [-0.2, 0) is 37.0 Å². The lowest BCUT2D eigenvalue weighted by Gasteiger charge is -2.22. The highest BCUT2D eigenvalue weighted by Crippen LogP contribution is 2.35. The molecule has 0 unspecified atom stereocenters. The standard InChI is InChI=1S/C19H21N3O/c23-18(13-22-11-4-1-5-12-22)21-19-14-7-2-3-9-16(14)20-17-10-6-8-15(17)19/h1,4-5,11-12H,2-3,6-10,13H2/p+1. The molecule has 4 heteroatoms. The number of anilines is 1. The molecule has 1 N–H and O–H groups in total. The lowest BCUT2D eigenvalue weighted by atomic mass is 9.92. The summed E-state index contributed by atoms with van der Waals surface area (Å²) >= 11 is 0.